The van der Waals surface area contributed by atoms with Gasteiger partial charge < -0.3 is 15.1 Å². The third-order valence-electron chi connectivity index (χ3n) is 4.59. The second-order valence-corrected chi connectivity index (χ2v) is 6.83. The zero-order valence-electron chi connectivity index (χ0n) is 14.4. The molecular formula is C19H24ClN3O2. The number of benzene rings is 1. The maximum Gasteiger partial charge on any atom is 0.319 e. The summed E-state index contributed by atoms with van der Waals surface area (Å²) in [5, 5.41) is 6.42. The predicted molar refractivity (Wildman–Crippen MR) is 100 cm³/mol. The predicted octanol–water partition coefficient (Wildman–Crippen LogP) is 4.59. The molecule has 1 atom stereocenters. The summed E-state index contributed by atoms with van der Waals surface area (Å²) in [5.41, 5.74) is 1.66. The number of urea groups is 1. The van der Waals surface area contributed by atoms with Crippen LogP contribution in [-0.4, -0.2) is 30.6 Å². The third-order valence-corrected chi connectivity index (χ3v) is 5.00. The lowest BCUT2D eigenvalue weighted by atomic mass is 10.1. The zero-order chi connectivity index (χ0) is 17.6. The van der Waals surface area contributed by atoms with E-state index >= 15 is 0 Å². The van der Waals surface area contributed by atoms with Crippen molar-refractivity contribution in [2.45, 2.75) is 32.2 Å². The van der Waals surface area contributed by atoms with Crippen molar-refractivity contribution in [3.63, 3.8) is 0 Å². The molecule has 3 rings (SSSR count). The van der Waals surface area contributed by atoms with Gasteiger partial charge in [-0.05, 0) is 62.7 Å². The van der Waals surface area contributed by atoms with Gasteiger partial charge in [-0.3, -0.25) is 4.90 Å². The summed E-state index contributed by atoms with van der Waals surface area (Å²) in [6.07, 6.45) is 5.32. The molecule has 134 valence electrons. The maximum atomic E-state index is 12.3. The van der Waals surface area contributed by atoms with E-state index in [9.17, 15) is 4.79 Å². The minimum Gasteiger partial charge on any atom is -0.468 e. The fraction of sp³-hybridized carbons (Fsp3) is 0.421. The Labute approximate surface area is 153 Å². The number of carbonyl (C=O) groups is 1. The standard InChI is InChI=1S/C19H24ClN3O2/c1-14-7-8-15(12-16(14)20)22-19(24)21-13-17(18-6-5-11-25-18)23-9-3-2-4-10-23/h5-8,11-12,17H,2-4,9-10,13H2,1H3,(H2,21,22,24). The minimum atomic E-state index is -0.242. The molecule has 0 aliphatic carbocycles. The van der Waals surface area contributed by atoms with Crippen LogP contribution < -0.4 is 10.6 Å². The first kappa shape index (κ1) is 17.8. The van der Waals surface area contributed by atoms with Crippen LogP contribution in [0.4, 0.5) is 10.5 Å². The molecule has 1 aromatic heterocycles. The smallest absolute Gasteiger partial charge is 0.319 e. The van der Waals surface area contributed by atoms with Crippen molar-refractivity contribution in [2.24, 2.45) is 0 Å². The largest absolute Gasteiger partial charge is 0.468 e. The number of rotatable bonds is 5. The molecule has 1 fully saturated rings. The molecule has 2 heterocycles. The van der Waals surface area contributed by atoms with Gasteiger partial charge in [0, 0.05) is 17.3 Å². The van der Waals surface area contributed by atoms with Crippen molar-refractivity contribution in [1.29, 1.82) is 0 Å². The van der Waals surface area contributed by atoms with Gasteiger partial charge in [0.25, 0.3) is 0 Å². The van der Waals surface area contributed by atoms with Crippen molar-refractivity contribution in [2.75, 3.05) is 25.0 Å². The third kappa shape index (κ3) is 4.77. The first-order valence-electron chi connectivity index (χ1n) is 8.72. The summed E-state index contributed by atoms with van der Waals surface area (Å²) in [6.45, 7) is 4.49. The van der Waals surface area contributed by atoms with Gasteiger partial charge in [-0.2, -0.15) is 0 Å². The van der Waals surface area contributed by atoms with Crippen LogP contribution in [0, 0.1) is 6.92 Å². The molecule has 1 saturated heterocycles. The van der Waals surface area contributed by atoms with Crippen molar-refractivity contribution < 1.29 is 9.21 Å². The number of likely N-dealkylation sites (tertiary alicyclic amines) is 1. The Morgan fingerprint density at radius 1 is 1.28 bits per heavy atom. The van der Waals surface area contributed by atoms with Crippen LogP contribution in [0.3, 0.4) is 0 Å². The molecule has 1 aliphatic rings. The highest BCUT2D eigenvalue weighted by Gasteiger charge is 2.24. The van der Waals surface area contributed by atoms with Crippen molar-refractivity contribution in [3.8, 4) is 0 Å². The number of anilines is 1. The van der Waals surface area contributed by atoms with Crippen LogP contribution in [0.15, 0.2) is 41.0 Å². The number of furan rings is 1. The summed E-state index contributed by atoms with van der Waals surface area (Å²) < 4.78 is 5.60. The van der Waals surface area contributed by atoms with Crippen molar-refractivity contribution in [3.05, 3.63) is 52.9 Å². The second kappa shape index (κ2) is 8.41. The van der Waals surface area contributed by atoms with E-state index in [1.165, 1.54) is 19.3 Å². The Balaban J connectivity index is 1.60. The van der Waals surface area contributed by atoms with Gasteiger partial charge in [-0.25, -0.2) is 4.79 Å². The van der Waals surface area contributed by atoms with E-state index in [1.807, 2.05) is 31.2 Å². The molecule has 1 aromatic carbocycles. The molecule has 0 spiro atoms. The molecule has 2 amide bonds. The van der Waals surface area contributed by atoms with E-state index in [0.29, 0.717) is 17.3 Å². The Hall–Kier alpha value is -1.98. The van der Waals surface area contributed by atoms with Gasteiger partial charge in [-0.1, -0.05) is 24.1 Å². The monoisotopic (exact) mass is 361 g/mol. The van der Waals surface area contributed by atoms with E-state index in [4.69, 9.17) is 16.0 Å². The minimum absolute atomic E-state index is 0.0580. The van der Waals surface area contributed by atoms with Gasteiger partial charge in [0.1, 0.15) is 5.76 Å². The summed E-state index contributed by atoms with van der Waals surface area (Å²) in [6, 6.07) is 9.16. The van der Waals surface area contributed by atoms with Crippen molar-refractivity contribution in [1.82, 2.24) is 10.2 Å². The number of amides is 2. The molecule has 0 saturated carbocycles. The number of aryl methyl sites for hydroxylation is 1. The first-order chi connectivity index (χ1) is 12.1. The number of carbonyl (C=O) groups excluding carboxylic acids is 1. The lowest BCUT2D eigenvalue weighted by Crippen LogP contribution is -2.41. The average molecular weight is 362 g/mol. The van der Waals surface area contributed by atoms with Crippen LogP contribution in [-0.2, 0) is 0 Å². The van der Waals surface area contributed by atoms with Gasteiger partial charge >= 0.3 is 6.03 Å². The van der Waals surface area contributed by atoms with Crippen LogP contribution in [0.5, 0.6) is 0 Å². The summed E-state index contributed by atoms with van der Waals surface area (Å²) in [4.78, 5) is 14.6. The second-order valence-electron chi connectivity index (χ2n) is 6.43. The SMILES string of the molecule is Cc1ccc(NC(=O)NCC(c2ccco2)N2CCCCC2)cc1Cl. The molecule has 0 radical (unpaired) electrons. The fourth-order valence-corrected chi connectivity index (χ4v) is 3.34. The first-order valence-corrected chi connectivity index (χ1v) is 9.10. The molecule has 1 aliphatic heterocycles. The number of hydrogen-bond donors (Lipinski definition) is 2. The number of hydrogen-bond acceptors (Lipinski definition) is 3. The summed E-state index contributed by atoms with van der Waals surface area (Å²) >= 11 is 6.10. The van der Waals surface area contributed by atoms with E-state index in [1.54, 1.807) is 12.3 Å². The highest BCUT2D eigenvalue weighted by molar-refractivity contribution is 6.31. The molecule has 5 nitrogen and oxygen atoms in total. The van der Waals surface area contributed by atoms with Crippen LogP contribution in [0.25, 0.3) is 0 Å². The van der Waals surface area contributed by atoms with E-state index < -0.39 is 0 Å². The van der Waals surface area contributed by atoms with E-state index in [2.05, 4.69) is 15.5 Å². The quantitative estimate of drug-likeness (QED) is 0.818. The van der Waals surface area contributed by atoms with Gasteiger partial charge in [-0.15, -0.1) is 0 Å². The zero-order valence-corrected chi connectivity index (χ0v) is 15.2. The molecule has 0 bridgehead atoms. The lowest BCUT2D eigenvalue weighted by Gasteiger charge is -2.33. The normalized spacial score (nSPS) is 16.4. The van der Waals surface area contributed by atoms with Gasteiger partial charge in [0.15, 0.2) is 0 Å². The molecule has 2 aromatic rings. The molecule has 25 heavy (non-hydrogen) atoms. The fourth-order valence-electron chi connectivity index (χ4n) is 3.16. The summed E-state index contributed by atoms with van der Waals surface area (Å²) in [5.74, 6) is 0.889. The Bertz CT molecular complexity index is 697. The maximum absolute atomic E-state index is 12.3. The molecule has 2 N–H and O–H groups in total. The highest BCUT2D eigenvalue weighted by atomic mass is 35.5. The van der Waals surface area contributed by atoms with Gasteiger partial charge in [0.05, 0.1) is 12.3 Å². The summed E-state index contributed by atoms with van der Waals surface area (Å²) in [7, 11) is 0. The topological polar surface area (TPSA) is 57.5 Å². The Kier molecular flexibility index (Phi) is 6.00. The highest BCUT2D eigenvalue weighted by Crippen LogP contribution is 2.24. The average Bonchev–Trinajstić information content (AvgIpc) is 3.14. The Morgan fingerprint density at radius 2 is 2.08 bits per heavy atom. The molecular weight excluding hydrogens is 338 g/mol. The van der Waals surface area contributed by atoms with E-state index in [0.717, 1.165) is 24.4 Å². The number of piperidine rings is 1. The lowest BCUT2D eigenvalue weighted by molar-refractivity contribution is 0.144. The van der Waals surface area contributed by atoms with Crippen molar-refractivity contribution >= 4 is 23.3 Å². The van der Waals surface area contributed by atoms with Crippen LogP contribution in [0.1, 0.15) is 36.6 Å². The molecule has 6 heteroatoms. The van der Waals surface area contributed by atoms with Crippen LogP contribution in [0.2, 0.25) is 5.02 Å². The van der Waals surface area contributed by atoms with Gasteiger partial charge in [0.2, 0.25) is 0 Å². The van der Waals surface area contributed by atoms with Crippen LogP contribution >= 0.6 is 11.6 Å². The number of nitrogens with one attached hydrogen (secondary N) is 2. The molecule has 1 unspecified atom stereocenters. The number of nitrogens with zero attached hydrogens (tertiary/aromatic N) is 1. The Morgan fingerprint density at radius 3 is 2.76 bits per heavy atom. The number of halogens is 1. The van der Waals surface area contributed by atoms with E-state index in [-0.39, 0.29) is 12.1 Å².